The lowest BCUT2D eigenvalue weighted by atomic mass is 9.87. The second-order valence-corrected chi connectivity index (χ2v) is 6.11. The minimum atomic E-state index is -0.603. The Morgan fingerprint density at radius 3 is 2.56 bits per heavy atom. The molecule has 0 unspecified atom stereocenters. The molecule has 0 radical (unpaired) electrons. The fraction of sp³-hybridized carbons (Fsp3) is 0.286. The van der Waals surface area contributed by atoms with Crippen molar-refractivity contribution in [2.24, 2.45) is 5.41 Å². The molecule has 4 heteroatoms. The first-order valence-electron chi connectivity index (χ1n) is 5.56. The number of hydrogen-bond acceptors (Lipinski definition) is 3. The fourth-order valence-corrected chi connectivity index (χ4v) is 2.03. The highest BCUT2D eigenvalue weighted by atomic mass is 79.9. The van der Waals surface area contributed by atoms with Crippen molar-refractivity contribution in [1.82, 2.24) is 0 Å². The van der Waals surface area contributed by atoms with Crippen molar-refractivity contribution < 1.29 is 9.21 Å². The molecule has 94 valence electrons. The van der Waals surface area contributed by atoms with E-state index in [1.807, 2.05) is 0 Å². The lowest BCUT2D eigenvalue weighted by molar-refractivity contribution is 0.0855. The van der Waals surface area contributed by atoms with Crippen molar-refractivity contribution >= 4 is 32.7 Å². The SMILES string of the molecule is CC(C)(C)C(=O)c1coc2ccc(Br)cc2c1=O. The highest BCUT2D eigenvalue weighted by Gasteiger charge is 2.26. The van der Waals surface area contributed by atoms with Crippen molar-refractivity contribution in [2.75, 3.05) is 0 Å². The van der Waals surface area contributed by atoms with E-state index in [0.29, 0.717) is 11.0 Å². The van der Waals surface area contributed by atoms with Crippen molar-refractivity contribution in [1.29, 1.82) is 0 Å². The first kappa shape index (κ1) is 13.0. The van der Waals surface area contributed by atoms with E-state index >= 15 is 0 Å². The summed E-state index contributed by atoms with van der Waals surface area (Å²) < 4.78 is 6.13. The molecule has 0 bridgehead atoms. The summed E-state index contributed by atoms with van der Waals surface area (Å²) in [6.07, 6.45) is 1.26. The average Bonchev–Trinajstić information content (AvgIpc) is 2.28. The van der Waals surface area contributed by atoms with Crippen LogP contribution in [0, 0.1) is 5.41 Å². The number of carbonyl (C=O) groups excluding carboxylic acids is 1. The number of Topliss-reactive ketones (excluding diaryl/α,β-unsaturated/α-hetero) is 1. The maximum absolute atomic E-state index is 12.3. The van der Waals surface area contributed by atoms with Crippen molar-refractivity contribution in [3.63, 3.8) is 0 Å². The Kier molecular flexibility index (Phi) is 3.15. The van der Waals surface area contributed by atoms with Gasteiger partial charge in [-0.25, -0.2) is 0 Å². The van der Waals surface area contributed by atoms with Crippen LogP contribution in [-0.4, -0.2) is 5.78 Å². The molecule has 1 heterocycles. The van der Waals surface area contributed by atoms with E-state index < -0.39 is 5.41 Å². The molecule has 0 spiro atoms. The van der Waals surface area contributed by atoms with E-state index in [9.17, 15) is 9.59 Å². The molecule has 0 fully saturated rings. The second kappa shape index (κ2) is 4.35. The monoisotopic (exact) mass is 308 g/mol. The van der Waals surface area contributed by atoms with Gasteiger partial charge in [0.25, 0.3) is 0 Å². The van der Waals surface area contributed by atoms with Crippen LogP contribution < -0.4 is 5.43 Å². The van der Waals surface area contributed by atoms with Gasteiger partial charge in [-0.2, -0.15) is 0 Å². The van der Waals surface area contributed by atoms with Crippen molar-refractivity contribution in [3.8, 4) is 0 Å². The summed E-state index contributed by atoms with van der Waals surface area (Å²) in [5.74, 6) is -0.210. The second-order valence-electron chi connectivity index (χ2n) is 5.20. The molecule has 0 saturated carbocycles. The van der Waals surface area contributed by atoms with Crippen LogP contribution in [0.25, 0.3) is 11.0 Å². The summed E-state index contributed by atoms with van der Waals surface area (Å²) in [5.41, 5.74) is -0.298. The third-order valence-corrected chi connectivity index (χ3v) is 3.15. The summed E-state index contributed by atoms with van der Waals surface area (Å²) in [6.45, 7) is 5.33. The van der Waals surface area contributed by atoms with Crippen LogP contribution in [0.1, 0.15) is 31.1 Å². The van der Waals surface area contributed by atoms with Crippen molar-refractivity contribution in [3.05, 3.63) is 44.7 Å². The lowest BCUT2D eigenvalue weighted by Gasteiger charge is -2.15. The average molecular weight is 309 g/mol. The number of rotatable bonds is 1. The quantitative estimate of drug-likeness (QED) is 0.753. The number of fused-ring (bicyclic) bond motifs is 1. The normalized spacial score (nSPS) is 11.8. The summed E-state index contributed by atoms with van der Waals surface area (Å²) in [6, 6.07) is 5.16. The van der Waals surface area contributed by atoms with E-state index in [4.69, 9.17) is 4.42 Å². The van der Waals surface area contributed by atoms with Crippen LogP contribution in [0.15, 0.2) is 38.1 Å². The van der Waals surface area contributed by atoms with Gasteiger partial charge in [0.2, 0.25) is 5.43 Å². The molecule has 2 rings (SSSR count). The molecule has 1 aromatic heterocycles. The van der Waals surface area contributed by atoms with Gasteiger partial charge in [0.15, 0.2) is 5.78 Å². The fourth-order valence-electron chi connectivity index (χ4n) is 1.66. The van der Waals surface area contributed by atoms with Gasteiger partial charge in [0.1, 0.15) is 17.4 Å². The Hall–Kier alpha value is -1.42. The Morgan fingerprint density at radius 2 is 1.94 bits per heavy atom. The van der Waals surface area contributed by atoms with Crippen LogP contribution >= 0.6 is 15.9 Å². The number of carbonyl (C=O) groups is 1. The van der Waals surface area contributed by atoms with Crippen LogP contribution in [-0.2, 0) is 0 Å². The van der Waals surface area contributed by atoms with Crippen LogP contribution in [0.5, 0.6) is 0 Å². The van der Waals surface area contributed by atoms with Gasteiger partial charge in [-0.3, -0.25) is 9.59 Å². The van der Waals surface area contributed by atoms with Crippen LogP contribution in [0.2, 0.25) is 0 Å². The minimum absolute atomic E-state index is 0.105. The highest BCUT2D eigenvalue weighted by Crippen LogP contribution is 2.22. The molecule has 0 aliphatic rings. The third-order valence-electron chi connectivity index (χ3n) is 2.66. The third kappa shape index (κ3) is 2.25. The van der Waals surface area contributed by atoms with Crippen LogP contribution in [0.4, 0.5) is 0 Å². The molecular formula is C14H13BrO3. The van der Waals surface area contributed by atoms with Gasteiger partial charge in [-0.1, -0.05) is 36.7 Å². The predicted molar refractivity (Wildman–Crippen MR) is 74.0 cm³/mol. The first-order valence-corrected chi connectivity index (χ1v) is 6.36. The summed E-state index contributed by atoms with van der Waals surface area (Å²) >= 11 is 3.30. The molecule has 0 aliphatic carbocycles. The predicted octanol–water partition coefficient (Wildman–Crippen LogP) is 3.78. The largest absolute Gasteiger partial charge is 0.463 e. The molecule has 0 saturated heterocycles. The Balaban J connectivity index is 2.72. The van der Waals surface area contributed by atoms with E-state index in [2.05, 4.69) is 15.9 Å². The molecule has 0 atom stereocenters. The summed E-state index contributed by atoms with van der Waals surface area (Å²) in [4.78, 5) is 24.4. The molecule has 1 aromatic carbocycles. The molecule has 3 nitrogen and oxygen atoms in total. The lowest BCUT2D eigenvalue weighted by Crippen LogP contribution is -2.26. The topological polar surface area (TPSA) is 47.3 Å². The smallest absolute Gasteiger partial charge is 0.203 e. The zero-order valence-electron chi connectivity index (χ0n) is 10.4. The number of ketones is 1. The molecule has 2 aromatic rings. The molecule has 18 heavy (non-hydrogen) atoms. The van der Waals surface area contributed by atoms with Gasteiger partial charge < -0.3 is 4.42 Å². The van der Waals surface area contributed by atoms with Gasteiger partial charge in [0, 0.05) is 9.89 Å². The molecule has 0 N–H and O–H groups in total. The molecular weight excluding hydrogens is 296 g/mol. The van der Waals surface area contributed by atoms with Gasteiger partial charge in [-0.15, -0.1) is 0 Å². The van der Waals surface area contributed by atoms with E-state index in [-0.39, 0.29) is 16.8 Å². The zero-order chi connectivity index (χ0) is 13.5. The Bertz CT molecular complexity index is 677. The van der Waals surface area contributed by atoms with E-state index in [0.717, 1.165) is 4.47 Å². The minimum Gasteiger partial charge on any atom is -0.463 e. The van der Waals surface area contributed by atoms with Crippen LogP contribution in [0.3, 0.4) is 0 Å². The van der Waals surface area contributed by atoms with E-state index in [1.54, 1.807) is 39.0 Å². The standard InChI is InChI=1S/C14H13BrO3/c1-14(2,3)13(17)10-7-18-11-5-4-8(15)6-9(11)12(10)16/h4-7H,1-3H3. The zero-order valence-corrected chi connectivity index (χ0v) is 12.0. The summed E-state index contributed by atoms with van der Waals surface area (Å²) in [5, 5.41) is 0.416. The van der Waals surface area contributed by atoms with Gasteiger partial charge in [0.05, 0.1) is 5.39 Å². The summed E-state index contributed by atoms with van der Waals surface area (Å²) in [7, 11) is 0. The Labute approximate surface area is 113 Å². The highest BCUT2D eigenvalue weighted by molar-refractivity contribution is 9.10. The van der Waals surface area contributed by atoms with E-state index in [1.165, 1.54) is 6.26 Å². The van der Waals surface area contributed by atoms with Gasteiger partial charge >= 0.3 is 0 Å². The van der Waals surface area contributed by atoms with Crippen molar-refractivity contribution in [2.45, 2.75) is 20.8 Å². The van der Waals surface area contributed by atoms with Gasteiger partial charge in [-0.05, 0) is 18.2 Å². The maximum Gasteiger partial charge on any atom is 0.203 e. The number of benzene rings is 1. The molecule has 0 aliphatic heterocycles. The number of halogens is 1. The number of hydrogen-bond donors (Lipinski definition) is 0. The molecule has 0 amide bonds. The first-order chi connectivity index (χ1) is 8.30. The Morgan fingerprint density at radius 1 is 1.28 bits per heavy atom. The maximum atomic E-state index is 12.3.